The number of halogens is 1. The molecule has 0 aromatic carbocycles. The predicted molar refractivity (Wildman–Crippen MR) is 76.4 cm³/mol. The quantitative estimate of drug-likeness (QED) is 0.730. The molecule has 1 atom stereocenters. The minimum absolute atomic E-state index is 0.0942. The van der Waals surface area contributed by atoms with Crippen molar-refractivity contribution in [3.05, 3.63) is 0 Å². The SMILES string of the molecule is CC(C)(C)OC(=O)N1CCC(C(=O)CBr)CC12CC2. The molecule has 0 aromatic heterocycles. The summed E-state index contributed by atoms with van der Waals surface area (Å²) in [5.41, 5.74) is -0.557. The van der Waals surface area contributed by atoms with Gasteiger partial charge in [-0.2, -0.15) is 0 Å². The van der Waals surface area contributed by atoms with Crippen LogP contribution in [0.2, 0.25) is 0 Å². The molecule has 0 bridgehead atoms. The Morgan fingerprint density at radius 3 is 2.47 bits per heavy atom. The molecule has 1 amide bonds. The lowest BCUT2D eigenvalue weighted by Crippen LogP contribution is -2.50. The third kappa shape index (κ3) is 3.30. The number of rotatable bonds is 2. The van der Waals surface area contributed by atoms with Crippen molar-refractivity contribution in [2.24, 2.45) is 5.92 Å². The van der Waals surface area contributed by atoms with Gasteiger partial charge in [-0.25, -0.2) is 4.79 Å². The second-order valence-electron chi connectivity index (χ2n) is 6.65. The van der Waals surface area contributed by atoms with E-state index in [1.165, 1.54) is 0 Å². The van der Waals surface area contributed by atoms with Gasteiger partial charge in [-0.05, 0) is 46.5 Å². The summed E-state index contributed by atoms with van der Waals surface area (Å²) in [6, 6.07) is 0. The highest BCUT2D eigenvalue weighted by Gasteiger charge is 2.55. The molecule has 1 spiro atoms. The molecule has 5 heteroatoms. The highest BCUT2D eigenvalue weighted by molar-refractivity contribution is 9.09. The van der Waals surface area contributed by atoms with Gasteiger partial charge in [0.2, 0.25) is 0 Å². The fraction of sp³-hybridized carbons (Fsp3) is 0.857. The summed E-state index contributed by atoms with van der Waals surface area (Å²) in [5.74, 6) is 0.357. The van der Waals surface area contributed by atoms with E-state index >= 15 is 0 Å². The maximum absolute atomic E-state index is 12.2. The van der Waals surface area contributed by atoms with Gasteiger partial charge in [-0.15, -0.1) is 0 Å². The number of carbonyl (C=O) groups is 2. The van der Waals surface area contributed by atoms with Gasteiger partial charge in [0.15, 0.2) is 0 Å². The molecular weight excluding hydrogens is 310 g/mol. The number of likely N-dealkylation sites (tertiary alicyclic amines) is 1. The molecule has 4 nitrogen and oxygen atoms in total. The number of carbonyl (C=O) groups excluding carboxylic acids is 2. The highest BCUT2D eigenvalue weighted by Crippen LogP contribution is 2.50. The Labute approximate surface area is 123 Å². The van der Waals surface area contributed by atoms with Crippen molar-refractivity contribution in [3.63, 3.8) is 0 Å². The minimum atomic E-state index is -0.463. The molecule has 1 aliphatic heterocycles. The number of piperidine rings is 1. The average molecular weight is 332 g/mol. The summed E-state index contributed by atoms with van der Waals surface area (Å²) in [6.45, 7) is 6.28. The Balaban J connectivity index is 2.02. The van der Waals surface area contributed by atoms with Crippen LogP contribution in [-0.4, -0.2) is 39.8 Å². The molecule has 1 saturated carbocycles. The third-order valence-corrected chi connectivity index (χ3v) is 4.48. The van der Waals surface area contributed by atoms with E-state index in [1.807, 2.05) is 25.7 Å². The monoisotopic (exact) mass is 331 g/mol. The van der Waals surface area contributed by atoms with E-state index in [4.69, 9.17) is 4.74 Å². The first-order valence-electron chi connectivity index (χ1n) is 6.87. The molecular formula is C14H22BrNO3. The maximum Gasteiger partial charge on any atom is 0.410 e. The van der Waals surface area contributed by atoms with Crippen LogP contribution in [0, 0.1) is 5.92 Å². The van der Waals surface area contributed by atoms with Gasteiger partial charge in [0.25, 0.3) is 0 Å². The van der Waals surface area contributed by atoms with E-state index in [0.29, 0.717) is 11.9 Å². The molecule has 108 valence electrons. The van der Waals surface area contributed by atoms with Crippen molar-refractivity contribution >= 4 is 27.8 Å². The number of Topliss-reactive ketones (excluding diaryl/α,β-unsaturated/α-hetero) is 1. The highest BCUT2D eigenvalue weighted by atomic mass is 79.9. The molecule has 1 saturated heterocycles. The zero-order valence-electron chi connectivity index (χ0n) is 11.9. The summed E-state index contributed by atoms with van der Waals surface area (Å²) < 4.78 is 5.47. The van der Waals surface area contributed by atoms with Crippen LogP contribution in [0.5, 0.6) is 0 Å². The molecule has 2 fully saturated rings. The molecule has 1 unspecified atom stereocenters. The van der Waals surface area contributed by atoms with E-state index < -0.39 is 5.60 Å². The minimum Gasteiger partial charge on any atom is -0.444 e. The van der Waals surface area contributed by atoms with Crippen LogP contribution < -0.4 is 0 Å². The van der Waals surface area contributed by atoms with Gasteiger partial charge >= 0.3 is 6.09 Å². The summed E-state index contributed by atoms with van der Waals surface area (Å²) in [6.07, 6.45) is 3.33. The molecule has 0 N–H and O–H groups in total. The number of alkyl halides is 1. The Morgan fingerprint density at radius 1 is 1.37 bits per heavy atom. The van der Waals surface area contributed by atoms with Gasteiger partial charge in [0.1, 0.15) is 11.4 Å². The predicted octanol–water partition coefficient (Wildman–Crippen LogP) is 3.13. The van der Waals surface area contributed by atoms with Crippen LogP contribution in [0.1, 0.15) is 46.5 Å². The summed E-state index contributed by atoms with van der Waals surface area (Å²) in [5, 5.41) is 0.417. The lowest BCUT2D eigenvalue weighted by atomic mass is 9.86. The van der Waals surface area contributed by atoms with Crippen molar-refractivity contribution in [1.82, 2.24) is 4.90 Å². The Bertz CT molecular complexity index is 385. The number of hydrogen-bond acceptors (Lipinski definition) is 3. The average Bonchev–Trinajstić information content (AvgIpc) is 3.05. The van der Waals surface area contributed by atoms with Gasteiger partial charge in [0.05, 0.1) is 5.33 Å². The Kier molecular flexibility index (Phi) is 3.96. The van der Waals surface area contributed by atoms with Crippen LogP contribution in [0.3, 0.4) is 0 Å². The Hall–Kier alpha value is -0.580. The molecule has 2 rings (SSSR count). The van der Waals surface area contributed by atoms with Crippen molar-refractivity contribution in [2.75, 3.05) is 11.9 Å². The third-order valence-electron chi connectivity index (χ3n) is 3.93. The van der Waals surface area contributed by atoms with E-state index in [1.54, 1.807) is 0 Å². The first-order chi connectivity index (χ1) is 8.77. The van der Waals surface area contributed by atoms with Crippen LogP contribution >= 0.6 is 15.9 Å². The van der Waals surface area contributed by atoms with Crippen LogP contribution in [-0.2, 0) is 9.53 Å². The summed E-state index contributed by atoms with van der Waals surface area (Å²) in [4.78, 5) is 25.9. The van der Waals surface area contributed by atoms with Gasteiger partial charge in [0, 0.05) is 18.0 Å². The normalized spacial score (nSPS) is 25.3. The molecule has 0 aromatic rings. The summed E-state index contributed by atoms with van der Waals surface area (Å²) in [7, 11) is 0. The first kappa shape index (κ1) is 14.8. The number of ketones is 1. The lowest BCUT2D eigenvalue weighted by molar-refractivity contribution is -0.122. The largest absolute Gasteiger partial charge is 0.444 e. The zero-order chi connectivity index (χ0) is 14.3. The fourth-order valence-electron chi connectivity index (χ4n) is 2.80. The number of ether oxygens (including phenoxy) is 1. The van der Waals surface area contributed by atoms with Crippen molar-refractivity contribution in [2.45, 2.75) is 57.6 Å². The van der Waals surface area contributed by atoms with E-state index in [9.17, 15) is 9.59 Å². The molecule has 0 radical (unpaired) electrons. The number of nitrogens with zero attached hydrogens (tertiary/aromatic N) is 1. The number of amides is 1. The van der Waals surface area contributed by atoms with Crippen molar-refractivity contribution in [1.29, 1.82) is 0 Å². The smallest absolute Gasteiger partial charge is 0.410 e. The molecule has 2 aliphatic rings. The van der Waals surface area contributed by atoms with Crippen LogP contribution in [0.4, 0.5) is 4.79 Å². The van der Waals surface area contributed by atoms with E-state index in [-0.39, 0.29) is 23.3 Å². The summed E-state index contributed by atoms with van der Waals surface area (Å²) >= 11 is 3.24. The van der Waals surface area contributed by atoms with Crippen molar-refractivity contribution in [3.8, 4) is 0 Å². The van der Waals surface area contributed by atoms with Crippen LogP contribution in [0.15, 0.2) is 0 Å². The second-order valence-corrected chi connectivity index (χ2v) is 7.21. The van der Waals surface area contributed by atoms with Gasteiger partial charge in [-0.3, -0.25) is 4.79 Å². The molecule has 19 heavy (non-hydrogen) atoms. The maximum atomic E-state index is 12.2. The Morgan fingerprint density at radius 2 is 2.00 bits per heavy atom. The topological polar surface area (TPSA) is 46.6 Å². The van der Waals surface area contributed by atoms with Crippen molar-refractivity contribution < 1.29 is 14.3 Å². The molecule has 1 aliphatic carbocycles. The standard InChI is InChI=1S/C14H22BrNO3/c1-13(2,3)19-12(18)16-7-4-10(11(17)9-15)8-14(16)5-6-14/h10H,4-9H2,1-3H3. The van der Waals surface area contributed by atoms with E-state index in [2.05, 4.69) is 15.9 Å². The lowest BCUT2D eigenvalue weighted by Gasteiger charge is -2.40. The molecule has 1 heterocycles. The zero-order valence-corrected chi connectivity index (χ0v) is 13.5. The fourth-order valence-corrected chi connectivity index (χ4v) is 3.26. The number of hydrogen-bond donors (Lipinski definition) is 0. The van der Waals surface area contributed by atoms with Crippen LogP contribution in [0.25, 0.3) is 0 Å². The van der Waals surface area contributed by atoms with E-state index in [0.717, 1.165) is 25.7 Å². The second kappa shape index (κ2) is 5.08. The van der Waals surface area contributed by atoms with Gasteiger partial charge < -0.3 is 9.64 Å². The first-order valence-corrected chi connectivity index (χ1v) is 7.99. The van der Waals surface area contributed by atoms with Gasteiger partial charge in [-0.1, -0.05) is 15.9 Å².